The topological polar surface area (TPSA) is 202 Å². The van der Waals surface area contributed by atoms with Gasteiger partial charge in [-0.2, -0.15) is 0 Å². The zero-order chi connectivity index (χ0) is 56.1. The van der Waals surface area contributed by atoms with E-state index in [2.05, 4.69) is 27.7 Å². The largest absolute Gasteiger partial charge is 0.463 e. The summed E-state index contributed by atoms with van der Waals surface area (Å²) in [5, 5.41) is 66.0. The number of hydrogen-bond donors (Lipinski definition) is 6. The van der Waals surface area contributed by atoms with Crippen LogP contribution in [0.15, 0.2) is 0 Å². The first-order chi connectivity index (χ1) is 37.5. The van der Waals surface area contributed by atoms with Crippen LogP contribution < -0.4 is 0 Å². The molecule has 0 bridgehead atoms. The Labute approximate surface area is 470 Å². The molecular weight excluding hydrogens is 977 g/mol. The van der Waals surface area contributed by atoms with Crippen molar-refractivity contribution in [2.75, 3.05) is 13.2 Å². The molecule has 2 heterocycles. The van der Waals surface area contributed by atoms with Crippen molar-refractivity contribution in [2.24, 2.45) is 11.8 Å². The van der Waals surface area contributed by atoms with Crippen LogP contribution in [0.3, 0.4) is 0 Å². The number of carbonyl (C=O) groups excluding carboxylic acids is 2. The van der Waals surface area contributed by atoms with E-state index in [1.165, 1.54) is 180 Å². The zero-order valence-electron chi connectivity index (χ0n) is 50.0. The molecule has 4 unspecified atom stereocenters. The third-order valence-electron chi connectivity index (χ3n) is 16.7. The molecule has 10 atom stereocenters. The van der Waals surface area contributed by atoms with Crippen molar-refractivity contribution >= 4 is 11.9 Å². The Morgan fingerprint density at radius 2 is 0.519 bits per heavy atom. The van der Waals surface area contributed by atoms with E-state index in [1.807, 2.05) is 0 Å². The molecule has 2 fully saturated rings. The smallest absolute Gasteiger partial charge is 0.309 e. The van der Waals surface area contributed by atoms with E-state index in [0.717, 1.165) is 77.0 Å². The Balaban J connectivity index is 2.00. The molecule has 2 saturated heterocycles. The summed E-state index contributed by atoms with van der Waals surface area (Å²) in [5.74, 6) is -1.41. The van der Waals surface area contributed by atoms with Gasteiger partial charge in [0.15, 0.2) is 12.6 Å². The summed E-state index contributed by atoms with van der Waals surface area (Å²) >= 11 is 0. The molecule has 0 aromatic carbocycles. The molecule has 456 valence electrons. The molecule has 2 aliphatic rings. The zero-order valence-corrected chi connectivity index (χ0v) is 50.0. The normalized spacial score (nSPS) is 23.8. The third-order valence-corrected chi connectivity index (χ3v) is 16.7. The molecule has 0 aromatic heterocycles. The highest BCUT2D eigenvalue weighted by atomic mass is 16.8. The van der Waals surface area contributed by atoms with Gasteiger partial charge in [-0.3, -0.25) is 9.59 Å². The predicted molar refractivity (Wildman–Crippen MR) is 309 cm³/mol. The number of aliphatic hydroxyl groups excluding tert-OH is 6. The fourth-order valence-corrected chi connectivity index (χ4v) is 11.3. The molecule has 0 radical (unpaired) electrons. The number of rotatable bonds is 52. The van der Waals surface area contributed by atoms with Gasteiger partial charge in [0, 0.05) is 0 Å². The summed E-state index contributed by atoms with van der Waals surface area (Å²) in [6.07, 6.45) is 34.3. The van der Waals surface area contributed by atoms with Gasteiger partial charge in [-0.25, -0.2) is 0 Å². The van der Waals surface area contributed by atoms with Gasteiger partial charge in [0.05, 0.1) is 11.8 Å². The minimum absolute atomic E-state index is 0.319. The molecule has 2 aliphatic heterocycles. The van der Waals surface area contributed by atoms with E-state index in [9.17, 15) is 40.2 Å². The Morgan fingerprint density at radius 3 is 0.740 bits per heavy atom. The van der Waals surface area contributed by atoms with Crippen molar-refractivity contribution in [1.82, 2.24) is 0 Å². The van der Waals surface area contributed by atoms with Crippen LogP contribution in [-0.2, 0) is 33.3 Å². The van der Waals surface area contributed by atoms with Crippen LogP contribution in [0.1, 0.15) is 310 Å². The standard InChI is InChI=1S/C64H122O13/c1-5-9-13-17-21-25-29-33-37-41-45-51(46-42-38-34-30-26-22-18-14-10-6-2)61(71)73-49-53-55(65)57(67)59(69)63(75-53)77-64-60(70)58(68)56(66)54(76-64)50-74-62(72)52(47-43-39-35-31-27-23-19-15-11-7-3)48-44-40-36-32-28-24-20-16-12-8-4/h51-60,63-70H,5-50H2,1-4H3/t53?,54?,55-,56-,57-,58-,59?,60?,63-,64-/m0/s1. The van der Waals surface area contributed by atoms with Crippen LogP contribution in [-0.4, -0.2) is 117 Å². The fraction of sp³-hybridized carbons (Fsp3) is 0.969. The minimum Gasteiger partial charge on any atom is -0.463 e. The molecule has 0 amide bonds. The lowest BCUT2D eigenvalue weighted by Gasteiger charge is -2.44. The first-order valence-electron chi connectivity index (χ1n) is 32.9. The number of carbonyl (C=O) groups is 2. The van der Waals surface area contributed by atoms with Gasteiger partial charge in [0.2, 0.25) is 0 Å². The van der Waals surface area contributed by atoms with Crippen molar-refractivity contribution < 1.29 is 63.9 Å². The summed E-state index contributed by atoms with van der Waals surface area (Å²) in [5.41, 5.74) is 0. The average molecular weight is 1100 g/mol. The molecule has 13 nitrogen and oxygen atoms in total. The van der Waals surface area contributed by atoms with Crippen LogP contribution in [0.5, 0.6) is 0 Å². The van der Waals surface area contributed by atoms with Crippen molar-refractivity contribution in [3.63, 3.8) is 0 Å². The minimum atomic E-state index is -1.81. The average Bonchev–Trinajstić information content (AvgIpc) is 3.44. The Hall–Kier alpha value is -1.42. The number of ether oxygens (including phenoxy) is 5. The molecule has 2 rings (SSSR count). The highest BCUT2D eigenvalue weighted by molar-refractivity contribution is 5.72. The van der Waals surface area contributed by atoms with Gasteiger partial charge >= 0.3 is 11.9 Å². The quantitative estimate of drug-likeness (QED) is 0.0248. The second kappa shape index (κ2) is 48.1. The maximum absolute atomic E-state index is 13.7. The lowest BCUT2D eigenvalue weighted by atomic mass is 9.94. The van der Waals surface area contributed by atoms with E-state index in [-0.39, 0.29) is 23.8 Å². The van der Waals surface area contributed by atoms with Gasteiger partial charge in [0.1, 0.15) is 62.0 Å². The van der Waals surface area contributed by atoms with E-state index >= 15 is 0 Å². The van der Waals surface area contributed by atoms with Crippen LogP contribution in [0.25, 0.3) is 0 Å². The van der Waals surface area contributed by atoms with Crippen molar-refractivity contribution in [2.45, 2.75) is 372 Å². The van der Waals surface area contributed by atoms with Gasteiger partial charge in [-0.05, 0) is 25.7 Å². The van der Waals surface area contributed by atoms with Crippen LogP contribution in [0.4, 0.5) is 0 Å². The predicted octanol–water partition coefficient (Wildman–Crippen LogP) is 14.2. The molecule has 77 heavy (non-hydrogen) atoms. The molecule has 0 spiro atoms. The summed E-state index contributed by atoms with van der Waals surface area (Å²) in [6.45, 7) is 8.11. The monoisotopic (exact) mass is 1100 g/mol. The molecule has 0 aromatic rings. The summed E-state index contributed by atoms with van der Waals surface area (Å²) in [4.78, 5) is 27.5. The molecular formula is C64H122O13. The molecule has 13 heteroatoms. The molecule has 0 saturated carbocycles. The lowest BCUT2D eigenvalue weighted by Crippen LogP contribution is -2.64. The van der Waals surface area contributed by atoms with Gasteiger partial charge < -0.3 is 54.3 Å². The maximum atomic E-state index is 13.7. The van der Waals surface area contributed by atoms with E-state index in [0.29, 0.717) is 25.7 Å². The second-order valence-electron chi connectivity index (χ2n) is 23.7. The highest BCUT2D eigenvalue weighted by Gasteiger charge is 2.50. The van der Waals surface area contributed by atoms with Gasteiger partial charge in [-0.1, -0.05) is 285 Å². The number of esters is 2. The Bertz CT molecular complexity index is 1210. The summed E-state index contributed by atoms with van der Waals surface area (Å²) in [7, 11) is 0. The number of unbranched alkanes of at least 4 members (excludes halogenated alkanes) is 36. The van der Waals surface area contributed by atoms with Crippen LogP contribution in [0, 0.1) is 11.8 Å². The fourth-order valence-electron chi connectivity index (χ4n) is 11.3. The number of hydrogen-bond acceptors (Lipinski definition) is 13. The van der Waals surface area contributed by atoms with Crippen molar-refractivity contribution in [3.8, 4) is 0 Å². The molecule has 6 N–H and O–H groups in total. The summed E-state index contributed by atoms with van der Waals surface area (Å²) in [6, 6.07) is 0. The molecule has 0 aliphatic carbocycles. The number of aliphatic hydroxyl groups is 6. The Kier molecular flexibility index (Phi) is 44.8. The van der Waals surface area contributed by atoms with E-state index in [1.54, 1.807) is 0 Å². The highest BCUT2D eigenvalue weighted by Crippen LogP contribution is 2.30. The first kappa shape index (κ1) is 71.7. The first-order valence-corrected chi connectivity index (χ1v) is 32.9. The van der Waals surface area contributed by atoms with Crippen molar-refractivity contribution in [3.05, 3.63) is 0 Å². The van der Waals surface area contributed by atoms with E-state index < -0.39 is 74.6 Å². The maximum Gasteiger partial charge on any atom is 0.309 e. The van der Waals surface area contributed by atoms with Crippen LogP contribution in [0.2, 0.25) is 0 Å². The SMILES string of the molecule is CCCCCCCCCCCCC(CCCCCCCCCCCC)C(=O)OCC1O[C@@H](O[C@@H]2OC(COC(=O)C(CCCCCCCCCCCC)CCCCCCCCCCCC)[C@H](O)[C@H](O)C2O)C(O)[C@@H](O)[C@H]1O. The third kappa shape index (κ3) is 33.3. The van der Waals surface area contributed by atoms with E-state index in [4.69, 9.17) is 23.7 Å². The summed E-state index contributed by atoms with van der Waals surface area (Å²) < 4.78 is 29.3. The van der Waals surface area contributed by atoms with Crippen LogP contribution >= 0.6 is 0 Å². The second-order valence-corrected chi connectivity index (χ2v) is 23.7. The van der Waals surface area contributed by atoms with Gasteiger partial charge in [-0.15, -0.1) is 0 Å². The van der Waals surface area contributed by atoms with Gasteiger partial charge in [0.25, 0.3) is 0 Å². The Morgan fingerprint density at radius 1 is 0.312 bits per heavy atom. The lowest BCUT2D eigenvalue weighted by molar-refractivity contribution is -0.376. The van der Waals surface area contributed by atoms with Crippen molar-refractivity contribution in [1.29, 1.82) is 0 Å².